The Kier molecular flexibility index (Phi) is 6.41. The van der Waals surface area contributed by atoms with E-state index in [1.807, 2.05) is 36.7 Å². The summed E-state index contributed by atoms with van der Waals surface area (Å²) in [4.78, 5) is 4.59. The highest BCUT2D eigenvalue weighted by Gasteiger charge is 2.06. The fourth-order valence-electron chi connectivity index (χ4n) is 2.12. The number of aryl methyl sites for hydroxylation is 1. The van der Waals surface area contributed by atoms with Gasteiger partial charge in [0.05, 0.1) is 27.3 Å². The molecule has 0 spiro atoms. The molecule has 8 nitrogen and oxygen atoms in total. The molecule has 0 aliphatic rings. The molecule has 2 aromatic rings. The molecule has 0 bridgehead atoms. The molecule has 1 aromatic heterocycles. The third-order valence-corrected chi connectivity index (χ3v) is 3.47. The van der Waals surface area contributed by atoms with E-state index in [1.165, 1.54) is 0 Å². The molecule has 1 aromatic carbocycles. The fraction of sp³-hybridized carbons (Fsp3) is 0.438. The normalized spacial score (nSPS) is 11.2. The Bertz CT molecular complexity index is 683. The Labute approximate surface area is 141 Å². The summed E-state index contributed by atoms with van der Waals surface area (Å²) >= 11 is 0. The predicted molar refractivity (Wildman–Crippen MR) is 92.2 cm³/mol. The summed E-state index contributed by atoms with van der Waals surface area (Å²) in [6, 6.07) is 5.70. The van der Waals surface area contributed by atoms with Crippen LogP contribution in [0.15, 0.2) is 29.5 Å². The lowest BCUT2D eigenvalue weighted by atomic mass is 10.2. The van der Waals surface area contributed by atoms with Crippen molar-refractivity contribution in [2.24, 2.45) is 12.0 Å². The lowest BCUT2D eigenvalue weighted by molar-refractivity contribution is 0.391. The average Bonchev–Trinajstić information content (AvgIpc) is 3.02. The zero-order valence-electron chi connectivity index (χ0n) is 14.5. The number of benzene rings is 1. The number of hydrogen-bond acceptors (Lipinski definition) is 5. The van der Waals surface area contributed by atoms with Crippen LogP contribution in [0.3, 0.4) is 0 Å². The van der Waals surface area contributed by atoms with Crippen LogP contribution >= 0.6 is 0 Å². The fourth-order valence-corrected chi connectivity index (χ4v) is 2.12. The summed E-state index contributed by atoms with van der Waals surface area (Å²) in [7, 11) is 5.18. The standard InChI is InChI=1S/C16H24N6O2/c1-5-17-16(19-10-15-21-20-11-22(15)2)18-9-12-6-7-13(23-3)8-14(12)24-4/h6-8,11H,5,9-10H2,1-4H3,(H2,17,18,19). The van der Waals surface area contributed by atoms with Crippen LogP contribution in [0.1, 0.15) is 18.3 Å². The molecule has 2 N–H and O–H groups in total. The van der Waals surface area contributed by atoms with Crippen molar-refractivity contribution in [3.8, 4) is 11.5 Å². The molecule has 0 aliphatic carbocycles. The molecule has 1 heterocycles. The Balaban J connectivity index is 2.06. The molecule has 0 aliphatic heterocycles. The van der Waals surface area contributed by atoms with Gasteiger partial charge in [0, 0.05) is 25.2 Å². The zero-order valence-corrected chi connectivity index (χ0v) is 14.5. The Morgan fingerprint density at radius 2 is 2.08 bits per heavy atom. The molecule has 0 unspecified atom stereocenters. The highest BCUT2D eigenvalue weighted by Crippen LogP contribution is 2.25. The molecule has 24 heavy (non-hydrogen) atoms. The van der Waals surface area contributed by atoms with Crippen LogP contribution in [-0.4, -0.2) is 41.5 Å². The van der Waals surface area contributed by atoms with Gasteiger partial charge in [-0.05, 0) is 19.1 Å². The first-order valence-corrected chi connectivity index (χ1v) is 7.73. The molecule has 0 saturated carbocycles. The van der Waals surface area contributed by atoms with E-state index < -0.39 is 0 Å². The monoisotopic (exact) mass is 332 g/mol. The first kappa shape index (κ1) is 17.6. The minimum atomic E-state index is 0.487. The third-order valence-electron chi connectivity index (χ3n) is 3.47. The maximum atomic E-state index is 5.40. The van der Waals surface area contributed by atoms with Crippen molar-refractivity contribution in [2.75, 3.05) is 20.8 Å². The van der Waals surface area contributed by atoms with E-state index in [0.29, 0.717) is 19.0 Å². The zero-order chi connectivity index (χ0) is 17.4. The summed E-state index contributed by atoms with van der Waals surface area (Å²) < 4.78 is 12.5. The smallest absolute Gasteiger partial charge is 0.191 e. The number of guanidine groups is 1. The van der Waals surface area contributed by atoms with Crippen LogP contribution in [0.5, 0.6) is 11.5 Å². The minimum absolute atomic E-state index is 0.487. The number of aromatic nitrogens is 3. The van der Waals surface area contributed by atoms with E-state index in [1.54, 1.807) is 20.5 Å². The number of rotatable bonds is 7. The quantitative estimate of drug-likeness (QED) is 0.583. The number of nitrogens with one attached hydrogen (secondary N) is 2. The van der Waals surface area contributed by atoms with Crippen molar-refractivity contribution in [1.29, 1.82) is 0 Å². The maximum absolute atomic E-state index is 5.40. The van der Waals surface area contributed by atoms with E-state index in [4.69, 9.17) is 9.47 Å². The van der Waals surface area contributed by atoms with E-state index in [0.717, 1.165) is 29.4 Å². The van der Waals surface area contributed by atoms with Gasteiger partial charge in [0.1, 0.15) is 17.8 Å². The van der Waals surface area contributed by atoms with E-state index >= 15 is 0 Å². The topological polar surface area (TPSA) is 85.6 Å². The largest absolute Gasteiger partial charge is 0.497 e. The van der Waals surface area contributed by atoms with Crippen LogP contribution in [0.2, 0.25) is 0 Å². The lowest BCUT2D eigenvalue weighted by Gasteiger charge is -2.12. The number of nitrogens with zero attached hydrogens (tertiary/aromatic N) is 4. The van der Waals surface area contributed by atoms with Crippen LogP contribution in [0.4, 0.5) is 0 Å². The Morgan fingerprint density at radius 1 is 1.25 bits per heavy atom. The van der Waals surface area contributed by atoms with Gasteiger partial charge in [-0.15, -0.1) is 10.2 Å². The first-order valence-electron chi connectivity index (χ1n) is 7.73. The molecule has 0 radical (unpaired) electrons. The molecular formula is C16H24N6O2. The second-order valence-corrected chi connectivity index (χ2v) is 5.08. The van der Waals surface area contributed by atoms with Crippen molar-refractivity contribution >= 4 is 5.96 Å². The van der Waals surface area contributed by atoms with Crippen molar-refractivity contribution in [2.45, 2.75) is 20.0 Å². The third kappa shape index (κ3) is 4.61. The van der Waals surface area contributed by atoms with Crippen molar-refractivity contribution in [1.82, 2.24) is 25.4 Å². The first-order chi connectivity index (χ1) is 11.7. The summed E-state index contributed by atoms with van der Waals surface area (Å²) in [6.07, 6.45) is 1.67. The van der Waals surface area contributed by atoms with E-state index in [-0.39, 0.29) is 0 Å². The van der Waals surface area contributed by atoms with Gasteiger partial charge in [-0.1, -0.05) is 0 Å². The van der Waals surface area contributed by atoms with Crippen molar-refractivity contribution in [3.05, 3.63) is 35.9 Å². The van der Waals surface area contributed by atoms with Gasteiger partial charge in [0.15, 0.2) is 11.8 Å². The van der Waals surface area contributed by atoms with Gasteiger partial charge in [0.2, 0.25) is 0 Å². The Hall–Kier alpha value is -2.77. The maximum Gasteiger partial charge on any atom is 0.191 e. The van der Waals surface area contributed by atoms with Gasteiger partial charge in [-0.2, -0.15) is 0 Å². The SMILES string of the molecule is CCNC(=NCc1ccc(OC)cc1OC)NCc1nncn1C. The summed E-state index contributed by atoms with van der Waals surface area (Å²) in [5.74, 6) is 3.05. The van der Waals surface area contributed by atoms with Gasteiger partial charge < -0.3 is 24.7 Å². The highest BCUT2D eigenvalue weighted by molar-refractivity contribution is 5.79. The van der Waals surface area contributed by atoms with Crippen LogP contribution in [0, 0.1) is 0 Å². The lowest BCUT2D eigenvalue weighted by Crippen LogP contribution is -2.37. The van der Waals surface area contributed by atoms with E-state index in [2.05, 4.69) is 25.8 Å². The number of hydrogen-bond donors (Lipinski definition) is 2. The van der Waals surface area contributed by atoms with Gasteiger partial charge in [-0.25, -0.2) is 4.99 Å². The average molecular weight is 332 g/mol. The Morgan fingerprint density at radius 3 is 2.71 bits per heavy atom. The number of methoxy groups -OCH3 is 2. The molecule has 0 amide bonds. The van der Waals surface area contributed by atoms with E-state index in [9.17, 15) is 0 Å². The minimum Gasteiger partial charge on any atom is -0.497 e. The van der Waals surface area contributed by atoms with Crippen LogP contribution in [0.25, 0.3) is 0 Å². The second kappa shape index (κ2) is 8.76. The van der Waals surface area contributed by atoms with Gasteiger partial charge >= 0.3 is 0 Å². The second-order valence-electron chi connectivity index (χ2n) is 5.08. The van der Waals surface area contributed by atoms with Crippen molar-refractivity contribution in [3.63, 3.8) is 0 Å². The molecular weight excluding hydrogens is 308 g/mol. The van der Waals surface area contributed by atoms with Gasteiger partial charge in [0.25, 0.3) is 0 Å². The number of ether oxygens (including phenoxy) is 2. The summed E-state index contributed by atoms with van der Waals surface area (Å²) in [6.45, 7) is 3.82. The molecule has 130 valence electrons. The summed E-state index contributed by atoms with van der Waals surface area (Å²) in [5, 5.41) is 14.4. The molecule has 0 saturated heterocycles. The molecule has 0 atom stereocenters. The molecule has 0 fully saturated rings. The molecule has 2 rings (SSSR count). The van der Waals surface area contributed by atoms with Crippen LogP contribution < -0.4 is 20.1 Å². The van der Waals surface area contributed by atoms with Crippen molar-refractivity contribution < 1.29 is 9.47 Å². The predicted octanol–water partition coefficient (Wildman–Crippen LogP) is 1.09. The molecule has 8 heteroatoms. The van der Waals surface area contributed by atoms with Gasteiger partial charge in [-0.3, -0.25) is 0 Å². The number of aliphatic imine (C=N–C) groups is 1. The van der Waals surface area contributed by atoms with Crippen LogP contribution in [-0.2, 0) is 20.1 Å². The highest BCUT2D eigenvalue weighted by atomic mass is 16.5. The summed E-state index contributed by atoms with van der Waals surface area (Å²) in [5.41, 5.74) is 0.981.